The van der Waals surface area contributed by atoms with E-state index in [2.05, 4.69) is 5.32 Å². The Morgan fingerprint density at radius 3 is 2.62 bits per heavy atom. The molecule has 0 aliphatic carbocycles. The highest BCUT2D eigenvalue weighted by molar-refractivity contribution is 5.55. The van der Waals surface area contributed by atoms with Gasteiger partial charge in [0, 0.05) is 18.3 Å². The van der Waals surface area contributed by atoms with Gasteiger partial charge in [-0.2, -0.15) is 0 Å². The van der Waals surface area contributed by atoms with Crippen LogP contribution in [0.15, 0.2) is 36.4 Å². The summed E-state index contributed by atoms with van der Waals surface area (Å²) in [5.41, 5.74) is 2.89. The lowest BCUT2D eigenvalue weighted by molar-refractivity contribution is 0.311. The first-order valence-corrected chi connectivity index (χ1v) is 6.93. The predicted octanol–water partition coefficient (Wildman–Crippen LogP) is 4.15. The molecule has 0 fully saturated rings. The van der Waals surface area contributed by atoms with Crippen molar-refractivity contribution in [3.05, 3.63) is 53.3 Å². The summed E-state index contributed by atoms with van der Waals surface area (Å²) in [6.45, 7) is 5.04. The molecule has 0 heterocycles. The number of hydrogen-bond donors (Lipinski definition) is 1. The van der Waals surface area contributed by atoms with Crippen LogP contribution in [0.1, 0.15) is 18.1 Å². The average molecular weight is 289 g/mol. The quantitative estimate of drug-likeness (QED) is 0.866. The van der Waals surface area contributed by atoms with Crippen LogP contribution in [0.25, 0.3) is 0 Å². The van der Waals surface area contributed by atoms with Crippen molar-refractivity contribution in [1.29, 1.82) is 0 Å². The summed E-state index contributed by atoms with van der Waals surface area (Å²) in [6.07, 6.45) is 0. The van der Waals surface area contributed by atoms with Crippen LogP contribution in [-0.4, -0.2) is 13.7 Å². The molecule has 21 heavy (non-hydrogen) atoms. The third kappa shape index (κ3) is 3.88. The van der Waals surface area contributed by atoms with E-state index in [0.29, 0.717) is 24.7 Å². The number of halogens is 1. The molecule has 0 spiro atoms. The van der Waals surface area contributed by atoms with Crippen LogP contribution in [0.2, 0.25) is 0 Å². The second-order valence-corrected chi connectivity index (χ2v) is 4.72. The van der Waals surface area contributed by atoms with E-state index in [-0.39, 0.29) is 5.82 Å². The molecule has 0 amide bonds. The van der Waals surface area contributed by atoms with Crippen LogP contribution in [0, 0.1) is 12.7 Å². The second kappa shape index (κ2) is 6.97. The highest BCUT2D eigenvalue weighted by atomic mass is 19.1. The molecule has 0 radical (unpaired) electrons. The van der Waals surface area contributed by atoms with Crippen molar-refractivity contribution in [2.75, 3.05) is 19.0 Å². The van der Waals surface area contributed by atoms with Gasteiger partial charge < -0.3 is 14.8 Å². The largest absolute Gasteiger partial charge is 0.493 e. The van der Waals surface area contributed by atoms with Gasteiger partial charge >= 0.3 is 0 Å². The van der Waals surface area contributed by atoms with Crippen LogP contribution in [0.4, 0.5) is 10.1 Å². The van der Waals surface area contributed by atoms with E-state index in [1.807, 2.05) is 32.0 Å². The van der Waals surface area contributed by atoms with Crippen molar-refractivity contribution in [3.8, 4) is 11.5 Å². The number of methoxy groups -OCH3 is 1. The SMILES string of the molecule is CCOc1ccc(NCc2cc(F)ccc2C)cc1OC. The maximum absolute atomic E-state index is 13.3. The highest BCUT2D eigenvalue weighted by Gasteiger charge is 2.06. The summed E-state index contributed by atoms with van der Waals surface area (Å²) in [4.78, 5) is 0. The molecule has 2 aromatic rings. The van der Waals surface area contributed by atoms with Crippen molar-refractivity contribution in [1.82, 2.24) is 0 Å². The molecule has 0 atom stereocenters. The minimum absolute atomic E-state index is 0.221. The fourth-order valence-electron chi connectivity index (χ4n) is 2.08. The molecule has 3 nitrogen and oxygen atoms in total. The van der Waals surface area contributed by atoms with E-state index in [1.54, 1.807) is 19.2 Å². The van der Waals surface area contributed by atoms with E-state index in [4.69, 9.17) is 9.47 Å². The topological polar surface area (TPSA) is 30.5 Å². The molecule has 0 saturated carbocycles. The zero-order valence-corrected chi connectivity index (χ0v) is 12.6. The van der Waals surface area contributed by atoms with E-state index in [9.17, 15) is 4.39 Å². The second-order valence-electron chi connectivity index (χ2n) is 4.72. The third-order valence-electron chi connectivity index (χ3n) is 3.26. The average Bonchev–Trinajstić information content (AvgIpc) is 2.49. The van der Waals surface area contributed by atoms with Gasteiger partial charge in [0.15, 0.2) is 11.5 Å². The maximum Gasteiger partial charge on any atom is 0.162 e. The molecule has 0 aromatic heterocycles. The Hall–Kier alpha value is -2.23. The predicted molar refractivity (Wildman–Crippen MR) is 82.6 cm³/mol. The Morgan fingerprint density at radius 1 is 1.10 bits per heavy atom. The number of aryl methyl sites for hydroxylation is 1. The van der Waals surface area contributed by atoms with Crippen molar-refractivity contribution in [2.45, 2.75) is 20.4 Å². The summed E-state index contributed by atoms with van der Waals surface area (Å²) < 4.78 is 24.1. The minimum Gasteiger partial charge on any atom is -0.493 e. The molecule has 1 N–H and O–H groups in total. The molecular weight excluding hydrogens is 269 g/mol. The number of nitrogens with one attached hydrogen (secondary N) is 1. The lowest BCUT2D eigenvalue weighted by atomic mass is 10.1. The molecule has 2 rings (SSSR count). The summed E-state index contributed by atoms with van der Waals surface area (Å²) in [6, 6.07) is 10.5. The van der Waals surface area contributed by atoms with Gasteiger partial charge in [-0.1, -0.05) is 6.07 Å². The molecule has 0 bridgehead atoms. The van der Waals surface area contributed by atoms with Gasteiger partial charge in [-0.3, -0.25) is 0 Å². The lowest BCUT2D eigenvalue weighted by Crippen LogP contribution is -2.03. The van der Waals surface area contributed by atoms with E-state index in [0.717, 1.165) is 16.8 Å². The van der Waals surface area contributed by atoms with E-state index >= 15 is 0 Å². The van der Waals surface area contributed by atoms with Crippen molar-refractivity contribution in [3.63, 3.8) is 0 Å². The van der Waals surface area contributed by atoms with Gasteiger partial charge in [0.25, 0.3) is 0 Å². The van der Waals surface area contributed by atoms with E-state index < -0.39 is 0 Å². The van der Waals surface area contributed by atoms with Crippen molar-refractivity contribution >= 4 is 5.69 Å². The van der Waals surface area contributed by atoms with Crippen LogP contribution in [-0.2, 0) is 6.54 Å². The Morgan fingerprint density at radius 2 is 1.90 bits per heavy atom. The standard InChI is InChI=1S/C17H20FNO2/c1-4-21-16-8-7-15(10-17(16)20-3)19-11-13-9-14(18)6-5-12(13)2/h5-10,19H,4,11H2,1-3H3. The summed E-state index contributed by atoms with van der Waals surface area (Å²) in [7, 11) is 1.61. The maximum atomic E-state index is 13.3. The Labute approximate surface area is 124 Å². The monoisotopic (exact) mass is 289 g/mol. The fourth-order valence-corrected chi connectivity index (χ4v) is 2.08. The number of anilines is 1. The summed E-state index contributed by atoms with van der Waals surface area (Å²) in [5.74, 6) is 1.17. The Kier molecular flexibility index (Phi) is 5.04. The highest BCUT2D eigenvalue weighted by Crippen LogP contribution is 2.30. The number of hydrogen-bond acceptors (Lipinski definition) is 3. The molecule has 0 saturated heterocycles. The van der Waals surface area contributed by atoms with Crippen LogP contribution >= 0.6 is 0 Å². The molecule has 2 aromatic carbocycles. The summed E-state index contributed by atoms with van der Waals surface area (Å²) >= 11 is 0. The number of benzene rings is 2. The number of rotatable bonds is 6. The zero-order valence-electron chi connectivity index (χ0n) is 12.6. The lowest BCUT2D eigenvalue weighted by Gasteiger charge is -2.13. The Bertz CT molecular complexity index is 614. The number of ether oxygens (including phenoxy) is 2. The molecule has 0 aliphatic rings. The van der Waals surface area contributed by atoms with Gasteiger partial charge in [0.2, 0.25) is 0 Å². The smallest absolute Gasteiger partial charge is 0.162 e. The van der Waals surface area contributed by atoms with Crippen LogP contribution < -0.4 is 14.8 Å². The summed E-state index contributed by atoms with van der Waals surface area (Å²) in [5, 5.41) is 3.27. The molecule has 4 heteroatoms. The van der Waals surface area contributed by atoms with E-state index in [1.165, 1.54) is 6.07 Å². The normalized spacial score (nSPS) is 10.3. The van der Waals surface area contributed by atoms with Gasteiger partial charge in [0.1, 0.15) is 5.82 Å². The van der Waals surface area contributed by atoms with Crippen LogP contribution in [0.5, 0.6) is 11.5 Å². The van der Waals surface area contributed by atoms with Gasteiger partial charge in [-0.15, -0.1) is 0 Å². The third-order valence-corrected chi connectivity index (χ3v) is 3.26. The zero-order chi connectivity index (χ0) is 15.2. The van der Waals surface area contributed by atoms with Gasteiger partial charge in [0.05, 0.1) is 13.7 Å². The molecular formula is C17H20FNO2. The first-order chi connectivity index (χ1) is 10.1. The molecule has 112 valence electrons. The van der Waals surface area contributed by atoms with Gasteiger partial charge in [-0.05, 0) is 49.2 Å². The van der Waals surface area contributed by atoms with Crippen molar-refractivity contribution in [2.24, 2.45) is 0 Å². The Balaban J connectivity index is 2.11. The van der Waals surface area contributed by atoms with Crippen LogP contribution in [0.3, 0.4) is 0 Å². The van der Waals surface area contributed by atoms with Crippen molar-refractivity contribution < 1.29 is 13.9 Å². The minimum atomic E-state index is -0.221. The fraction of sp³-hybridized carbons (Fsp3) is 0.294. The molecule has 0 aliphatic heterocycles. The van der Waals surface area contributed by atoms with Gasteiger partial charge in [-0.25, -0.2) is 4.39 Å². The molecule has 0 unspecified atom stereocenters. The first kappa shape index (κ1) is 15.2. The first-order valence-electron chi connectivity index (χ1n) is 6.93.